The molecule has 0 saturated carbocycles. The third-order valence-electron chi connectivity index (χ3n) is 0.150. The minimum absolute atomic E-state index is 3.79. The average Bonchev–Trinajstić information content (AvgIpc) is 1.14. The topological polar surface area (TPSA) is 75.7 Å². The summed E-state index contributed by atoms with van der Waals surface area (Å²) in [6.07, 6.45) is 0. The van der Waals surface area contributed by atoms with Crippen LogP contribution >= 0.6 is 0 Å². The van der Waals surface area contributed by atoms with Gasteiger partial charge >= 0.3 is 9.38 Å². The molecule has 6 heteroatoms. The first kappa shape index (κ1) is 2.55. The maximum absolute atomic E-state index is 8.35. The van der Waals surface area contributed by atoms with Crippen LogP contribution in [0.25, 0.3) is 0 Å². The van der Waals surface area contributed by atoms with Crippen molar-refractivity contribution in [3.8, 4) is 0 Å². The van der Waals surface area contributed by atoms with E-state index in [0.29, 0.717) is 0 Å². The van der Waals surface area contributed by atoms with Crippen molar-refractivity contribution in [1.29, 1.82) is 3.70 Å². The molecule has 0 aromatic rings. The third-order valence-corrected chi connectivity index (χ3v) is 1.35. The monoisotopic (exact) mass is 131 g/mol. The predicted octanol–water partition coefficient (Wildman–Crippen LogP) is -3.34. The van der Waals surface area contributed by atoms with Crippen molar-refractivity contribution in [1.82, 2.24) is 0 Å². The molecule has 1 unspecified atom stereocenters. The van der Waals surface area contributed by atoms with Crippen LogP contribution in [0.3, 0.4) is 0 Å². The molecule has 0 rings (SSSR count). The van der Waals surface area contributed by atoms with Crippen molar-refractivity contribution < 1.29 is 13.7 Å². The summed E-state index contributed by atoms with van der Waals surface area (Å²) >= 11 is 0. The molecule has 0 amide bonds. The van der Waals surface area contributed by atoms with E-state index in [1.165, 1.54) is 0 Å². The molecule has 0 radical (unpaired) electrons. The van der Waals surface area contributed by atoms with Crippen LogP contribution in [0.4, 0.5) is 0 Å². The molecule has 0 saturated heterocycles. The van der Waals surface area contributed by atoms with E-state index in [2.05, 4.69) is 9.51 Å². The molecule has 6 heavy (non-hydrogen) atoms. The fourth-order valence-electron chi connectivity index (χ4n) is 0.0468. The Bertz CT molecular complexity index is 82.2. The summed E-state index contributed by atoms with van der Waals surface area (Å²) in [5.74, 6) is 0. The molecule has 38 valence electrons. The van der Waals surface area contributed by atoms with Gasteiger partial charge in [-0.05, 0) is 0 Å². The summed E-state index contributed by atoms with van der Waals surface area (Å²) in [4.78, 5) is 16.6. The van der Waals surface area contributed by atoms with Crippen molar-refractivity contribution in [2.75, 3.05) is 0 Å². The molecule has 0 aromatic heterocycles. The molecule has 0 heterocycles. The second kappa shape index (κ2) is 3.46. The van der Waals surface area contributed by atoms with Gasteiger partial charge in [-0.15, -0.1) is 0 Å². The highest BCUT2D eigenvalue weighted by molar-refractivity contribution is 6.46. The lowest BCUT2D eigenvalue weighted by molar-refractivity contribution is 0.381. The third kappa shape index (κ3) is 4.27. The lowest BCUT2D eigenvalue weighted by Crippen LogP contribution is -2.30. The SMILES string of the molecule is [3H][Si]([3H])(O)O[Si]([3H])(N)O. The zero-order valence-corrected chi connectivity index (χ0v) is 4.88. The van der Waals surface area contributed by atoms with E-state index in [0.717, 1.165) is 0 Å². The Morgan fingerprint density at radius 1 is 2.33 bits per heavy atom. The highest BCUT2D eigenvalue weighted by atomic mass is 28.4. The molecule has 4 nitrogen and oxygen atoms in total. The van der Waals surface area contributed by atoms with Gasteiger partial charge in [0.25, 0.3) is 9.87 Å². The second-order valence-corrected chi connectivity index (χ2v) is 2.21. The highest BCUT2D eigenvalue weighted by Gasteiger charge is 1.93. The van der Waals surface area contributed by atoms with Gasteiger partial charge in [0.15, 0.2) is 0 Å². The van der Waals surface area contributed by atoms with Crippen LogP contribution in [0.2, 0.25) is 0 Å². The Hall–Kier alpha value is 0.274. The first-order valence-corrected chi connectivity index (χ1v) is 3.43. The molecule has 0 fully saturated rings. The Kier molecular flexibility index (Phi) is 1.47. The van der Waals surface area contributed by atoms with Gasteiger partial charge in [0.05, 0.1) is 3.70 Å². The minimum Gasteiger partial charge on any atom is -0.416 e. The highest BCUT2D eigenvalue weighted by Crippen LogP contribution is 1.59. The quantitative estimate of drug-likeness (QED) is 0.343. The van der Waals surface area contributed by atoms with Crippen molar-refractivity contribution in [2.45, 2.75) is 0 Å². The van der Waals surface area contributed by atoms with E-state index in [1.807, 2.05) is 0 Å². The van der Waals surface area contributed by atoms with Crippen molar-refractivity contribution in [3.05, 3.63) is 0 Å². The van der Waals surface area contributed by atoms with Crippen LogP contribution in [-0.2, 0) is 4.12 Å². The van der Waals surface area contributed by atoms with Crippen LogP contribution in [0.1, 0.15) is 0 Å². The summed E-state index contributed by atoms with van der Waals surface area (Å²) in [5.41, 5.74) is 0. The molecule has 0 aliphatic carbocycles. The molecule has 1 atom stereocenters. The summed E-state index contributed by atoms with van der Waals surface area (Å²) in [7, 11) is -8.40. The van der Waals surface area contributed by atoms with Crippen LogP contribution in [-0.4, -0.2) is 32.5 Å². The van der Waals surface area contributed by atoms with Crippen LogP contribution in [0.15, 0.2) is 0 Å². The second-order valence-electron chi connectivity index (χ2n) is 0.532. The van der Waals surface area contributed by atoms with Crippen molar-refractivity contribution in [2.24, 2.45) is 5.40 Å². The van der Waals surface area contributed by atoms with Gasteiger partial charge in [-0.25, -0.2) is 0 Å². The molecule has 0 aromatic carbocycles. The Balaban J connectivity index is 3.75. The van der Waals surface area contributed by atoms with Gasteiger partial charge in [0, 0.05) is 0 Å². The largest absolute Gasteiger partial charge is 0.416 e. The van der Waals surface area contributed by atoms with Gasteiger partial charge in [-0.2, -0.15) is 0 Å². The van der Waals surface area contributed by atoms with Gasteiger partial charge in [-0.1, -0.05) is 0 Å². The number of hydrogen-bond donors (Lipinski definition) is 3. The van der Waals surface area contributed by atoms with E-state index in [4.69, 9.17) is 13.3 Å². The van der Waals surface area contributed by atoms with E-state index in [-0.39, 0.29) is 0 Å². The maximum atomic E-state index is 8.35. The van der Waals surface area contributed by atoms with Crippen molar-refractivity contribution >= 4 is 19.2 Å². The number of nitrogens with two attached hydrogens (primary N) is 1. The Morgan fingerprint density at radius 3 is 2.83 bits per heavy atom. The van der Waals surface area contributed by atoms with Crippen LogP contribution < -0.4 is 5.40 Å². The van der Waals surface area contributed by atoms with Crippen LogP contribution in [0, 0.1) is 0 Å². The standard InChI is InChI=1S/H7NO3Si2/c1-6(3)4-5-2/h2-3,6H,1,5H2/i5T2,6T. The van der Waals surface area contributed by atoms with E-state index in [9.17, 15) is 0 Å². The molecule has 0 aliphatic heterocycles. The van der Waals surface area contributed by atoms with E-state index in [1.54, 1.807) is 0 Å². The zero-order valence-electron chi connectivity index (χ0n) is 5.88. The maximum Gasteiger partial charge on any atom is 0.393 e. The molecular weight excluding hydrogens is 118 g/mol. The molecule has 4 N–H and O–H groups in total. The summed E-state index contributed by atoms with van der Waals surface area (Å²) in [6, 6.07) is 0. The summed E-state index contributed by atoms with van der Waals surface area (Å²) in [5, 5.41) is 4.60. The average molecular weight is 131 g/mol. The Labute approximate surface area is 43.2 Å². The smallest absolute Gasteiger partial charge is 0.393 e. The van der Waals surface area contributed by atoms with Gasteiger partial charge in [-0.3, -0.25) is 0 Å². The summed E-state index contributed by atoms with van der Waals surface area (Å²) in [6.45, 7) is 0. The lowest BCUT2D eigenvalue weighted by atomic mass is 13.9. The van der Waals surface area contributed by atoms with Crippen LogP contribution in [0.5, 0.6) is 0 Å². The number of rotatable bonds is 2. The van der Waals surface area contributed by atoms with Crippen molar-refractivity contribution in [3.63, 3.8) is 0 Å². The molecule has 0 aliphatic rings. The van der Waals surface area contributed by atoms with Gasteiger partial charge in [0.2, 0.25) is 0 Å². The summed E-state index contributed by atoms with van der Waals surface area (Å²) < 4.78 is 23.1. The molecular formula is H7NO3Si2. The fourth-order valence-corrected chi connectivity index (χ4v) is 0.421. The predicted molar refractivity (Wildman–Crippen MR) is 25.4 cm³/mol. The van der Waals surface area contributed by atoms with Gasteiger partial charge in [0.1, 0.15) is 0 Å². The first-order valence-electron chi connectivity index (χ1n) is 2.64. The lowest BCUT2D eigenvalue weighted by Gasteiger charge is -1.95. The minimum atomic E-state index is -4.29. The molecule has 0 bridgehead atoms. The number of hydrogen-bond acceptors (Lipinski definition) is 4. The van der Waals surface area contributed by atoms with E-state index >= 15 is 0 Å². The van der Waals surface area contributed by atoms with Gasteiger partial charge < -0.3 is 19.1 Å². The normalized spacial score (nSPS) is 29.5. The zero-order chi connectivity index (χ0) is 7.71. The fraction of sp³-hybridized carbons (Fsp3) is 0. The first-order chi connectivity index (χ1) is 3.71. The molecule has 0 spiro atoms. The van der Waals surface area contributed by atoms with E-state index < -0.39 is 19.2 Å². The Morgan fingerprint density at radius 2 is 2.83 bits per heavy atom.